The molecule has 0 fully saturated rings. The maximum absolute atomic E-state index is 13.0. The average molecular weight is 466 g/mol. The quantitative estimate of drug-likeness (QED) is 0.384. The number of rotatable bonds is 4. The first-order valence-corrected chi connectivity index (χ1v) is 10.2. The third-order valence-electron chi connectivity index (χ3n) is 4.69. The van der Waals surface area contributed by atoms with Gasteiger partial charge in [-0.2, -0.15) is 13.2 Å². The third kappa shape index (κ3) is 4.11. The summed E-state index contributed by atoms with van der Waals surface area (Å²) in [6.45, 7) is 1.74. The molecular formula is C21H15ClF3N3O2S. The highest BCUT2D eigenvalue weighted by molar-refractivity contribution is 7.19. The van der Waals surface area contributed by atoms with Gasteiger partial charge in [0.2, 0.25) is 0 Å². The number of amides is 1. The number of imidazole rings is 1. The molecule has 0 radical (unpaired) electrons. The zero-order chi connectivity index (χ0) is 22.3. The van der Waals surface area contributed by atoms with Crippen LogP contribution in [0.5, 0.6) is 5.75 Å². The highest BCUT2D eigenvalue weighted by atomic mass is 35.5. The molecule has 0 aliphatic heterocycles. The number of alkyl halides is 3. The van der Waals surface area contributed by atoms with Crippen LogP contribution in [0.1, 0.15) is 20.9 Å². The summed E-state index contributed by atoms with van der Waals surface area (Å²) in [7, 11) is 1.59. The van der Waals surface area contributed by atoms with Crippen molar-refractivity contribution in [1.82, 2.24) is 9.38 Å². The zero-order valence-electron chi connectivity index (χ0n) is 16.2. The van der Waals surface area contributed by atoms with Crippen molar-refractivity contribution < 1.29 is 22.7 Å². The summed E-state index contributed by atoms with van der Waals surface area (Å²) in [6, 6.07) is 10.2. The van der Waals surface area contributed by atoms with Gasteiger partial charge in [-0.25, -0.2) is 4.98 Å². The standard InChI is InChI=1S/C21H15ClF3N3O2S/c1-11-18(19(29)26-16-9-13(21(23,24)25)5-8-15(16)22)31-20-27-17(10-28(11)20)12-3-6-14(30-2)7-4-12/h3-10H,1-2H3,(H,26,29). The van der Waals surface area contributed by atoms with Gasteiger partial charge in [0.25, 0.3) is 5.91 Å². The number of anilines is 1. The molecule has 2 heterocycles. The van der Waals surface area contributed by atoms with E-state index in [1.54, 1.807) is 24.6 Å². The predicted molar refractivity (Wildman–Crippen MR) is 114 cm³/mol. The molecule has 4 aromatic rings. The van der Waals surface area contributed by atoms with Crippen molar-refractivity contribution in [2.45, 2.75) is 13.1 Å². The fourth-order valence-corrected chi connectivity index (χ4v) is 4.21. The maximum Gasteiger partial charge on any atom is 0.416 e. The van der Waals surface area contributed by atoms with Crippen LogP contribution in [0.2, 0.25) is 5.02 Å². The molecular weight excluding hydrogens is 451 g/mol. The monoisotopic (exact) mass is 465 g/mol. The summed E-state index contributed by atoms with van der Waals surface area (Å²) in [5.41, 5.74) is 1.23. The van der Waals surface area contributed by atoms with Gasteiger partial charge in [0.1, 0.15) is 10.6 Å². The molecule has 31 heavy (non-hydrogen) atoms. The van der Waals surface area contributed by atoms with Crippen molar-refractivity contribution in [2.24, 2.45) is 0 Å². The molecule has 5 nitrogen and oxygen atoms in total. The Labute approximate surface area is 184 Å². The lowest BCUT2D eigenvalue weighted by atomic mass is 10.2. The average Bonchev–Trinajstić information content (AvgIpc) is 3.28. The van der Waals surface area contributed by atoms with Crippen LogP contribution in [0, 0.1) is 6.92 Å². The summed E-state index contributed by atoms with van der Waals surface area (Å²) in [5, 5.41) is 2.49. The van der Waals surface area contributed by atoms with Crippen molar-refractivity contribution in [3.8, 4) is 17.0 Å². The molecule has 0 saturated carbocycles. The molecule has 10 heteroatoms. The molecule has 1 amide bonds. The number of carbonyl (C=O) groups excluding carboxylic acids is 1. The number of halogens is 4. The number of nitrogens with zero attached hydrogens (tertiary/aromatic N) is 2. The summed E-state index contributed by atoms with van der Waals surface area (Å²) in [5.74, 6) is 0.174. The second-order valence-electron chi connectivity index (χ2n) is 6.67. The predicted octanol–water partition coefficient (Wildman–Crippen LogP) is 6.30. The number of methoxy groups -OCH3 is 1. The number of fused-ring (bicyclic) bond motifs is 1. The number of hydrogen-bond donors (Lipinski definition) is 1. The Balaban J connectivity index is 1.62. The second-order valence-corrected chi connectivity index (χ2v) is 8.06. The Kier molecular flexibility index (Phi) is 5.40. The van der Waals surface area contributed by atoms with Gasteiger partial charge in [-0.3, -0.25) is 9.20 Å². The first-order valence-electron chi connectivity index (χ1n) is 8.98. The minimum Gasteiger partial charge on any atom is -0.497 e. The van der Waals surface area contributed by atoms with E-state index >= 15 is 0 Å². The normalized spacial score (nSPS) is 11.7. The van der Waals surface area contributed by atoms with Gasteiger partial charge in [-0.05, 0) is 49.4 Å². The third-order valence-corrected chi connectivity index (χ3v) is 6.18. The highest BCUT2D eigenvalue weighted by Gasteiger charge is 2.31. The molecule has 2 aromatic carbocycles. The fourth-order valence-electron chi connectivity index (χ4n) is 3.04. The van der Waals surface area contributed by atoms with Crippen molar-refractivity contribution >= 4 is 39.5 Å². The molecule has 4 rings (SSSR count). The Morgan fingerprint density at radius 2 is 1.90 bits per heavy atom. The zero-order valence-corrected chi connectivity index (χ0v) is 17.8. The molecule has 1 N–H and O–H groups in total. The smallest absolute Gasteiger partial charge is 0.416 e. The Hall–Kier alpha value is -3.04. The highest BCUT2D eigenvalue weighted by Crippen LogP contribution is 2.35. The van der Waals surface area contributed by atoms with Gasteiger partial charge in [-0.1, -0.05) is 22.9 Å². The summed E-state index contributed by atoms with van der Waals surface area (Å²) in [6.07, 6.45) is -2.74. The first kappa shape index (κ1) is 21.2. The van der Waals surface area contributed by atoms with Crippen LogP contribution in [-0.4, -0.2) is 22.4 Å². The van der Waals surface area contributed by atoms with E-state index in [1.807, 2.05) is 24.3 Å². The molecule has 160 valence electrons. The van der Waals surface area contributed by atoms with Crippen LogP contribution in [0.3, 0.4) is 0 Å². The van der Waals surface area contributed by atoms with Crippen LogP contribution in [-0.2, 0) is 6.18 Å². The maximum atomic E-state index is 13.0. The number of hydrogen-bond acceptors (Lipinski definition) is 4. The van der Waals surface area contributed by atoms with Gasteiger partial charge < -0.3 is 10.1 Å². The van der Waals surface area contributed by atoms with Gasteiger partial charge in [0.05, 0.1) is 29.1 Å². The van der Waals surface area contributed by atoms with Crippen LogP contribution in [0.25, 0.3) is 16.2 Å². The van der Waals surface area contributed by atoms with Crippen LogP contribution in [0.15, 0.2) is 48.7 Å². The van der Waals surface area contributed by atoms with Gasteiger partial charge in [-0.15, -0.1) is 0 Å². The number of benzene rings is 2. The minimum atomic E-state index is -4.54. The van der Waals surface area contributed by atoms with Crippen LogP contribution in [0.4, 0.5) is 18.9 Å². The molecule has 0 aliphatic carbocycles. The minimum absolute atomic E-state index is 0.0159. The van der Waals surface area contributed by atoms with Gasteiger partial charge in [0, 0.05) is 17.5 Å². The van der Waals surface area contributed by atoms with E-state index in [4.69, 9.17) is 16.3 Å². The molecule has 0 saturated heterocycles. The Morgan fingerprint density at radius 1 is 1.19 bits per heavy atom. The molecule has 0 bridgehead atoms. The second kappa shape index (κ2) is 7.90. The van der Waals surface area contributed by atoms with Crippen molar-refractivity contribution in [1.29, 1.82) is 0 Å². The molecule has 0 aliphatic rings. The Bertz CT molecular complexity index is 1280. The van der Waals surface area contributed by atoms with Crippen molar-refractivity contribution in [3.63, 3.8) is 0 Å². The van der Waals surface area contributed by atoms with E-state index in [9.17, 15) is 18.0 Å². The molecule has 0 atom stereocenters. The first-order chi connectivity index (χ1) is 14.7. The fraction of sp³-hybridized carbons (Fsp3) is 0.143. The van der Waals surface area contributed by atoms with Gasteiger partial charge >= 0.3 is 6.18 Å². The summed E-state index contributed by atoms with van der Waals surface area (Å²) >= 11 is 7.12. The topological polar surface area (TPSA) is 55.6 Å². The number of aromatic nitrogens is 2. The van der Waals surface area contributed by atoms with E-state index in [1.165, 1.54) is 0 Å². The number of ether oxygens (including phenoxy) is 1. The van der Waals surface area contributed by atoms with Crippen LogP contribution < -0.4 is 10.1 Å². The number of thiazole rings is 1. The van der Waals surface area contributed by atoms with Gasteiger partial charge in [0.15, 0.2) is 4.96 Å². The van der Waals surface area contributed by atoms with Crippen molar-refractivity contribution in [3.05, 3.63) is 69.8 Å². The lowest BCUT2D eigenvalue weighted by Gasteiger charge is -2.11. The lowest BCUT2D eigenvalue weighted by molar-refractivity contribution is -0.137. The van der Waals surface area contributed by atoms with E-state index in [-0.39, 0.29) is 10.7 Å². The van der Waals surface area contributed by atoms with E-state index in [0.29, 0.717) is 15.5 Å². The number of carbonyl (C=O) groups is 1. The van der Waals surface area contributed by atoms with Crippen LogP contribution >= 0.6 is 22.9 Å². The summed E-state index contributed by atoms with van der Waals surface area (Å²) in [4.78, 5) is 18.2. The summed E-state index contributed by atoms with van der Waals surface area (Å²) < 4.78 is 45.8. The molecule has 0 spiro atoms. The van der Waals surface area contributed by atoms with E-state index in [2.05, 4.69) is 10.3 Å². The number of nitrogens with one attached hydrogen (secondary N) is 1. The SMILES string of the molecule is COc1ccc(-c2cn3c(C)c(C(=O)Nc4cc(C(F)(F)F)ccc4Cl)sc3n2)cc1. The molecule has 0 unspecified atom stereocenters. The van der Waals surface area contributed by atoms with Crippen molar-refractivity contribution in [2.75, 3.05) is 12.4 Å². The number of aryl methyl sites for hydroxylation is 1. The largest absolute Gasteiger partial charge is 0.497 e. The lowest BCUT2D eigenvalue weighted by Crippen LogP contribution is -2.13. The Morgan fingerprint density at radius 3 is 2.52 bits per heavy atom. The van der Waals surface area contributed by atoms with E-state index in [0.717, 1.165) is 46.5 Å². The van der Waals surface area contributed by atoms with E-state index < -0.39 is 17.6 Å². The molecule has 2 aromatic heterocycles.